The topological polar surface area (TPSA) is 81.4 Å². The average Bonchev–Trinajstić information content (AvgIpc) is 2.52. The minimum atomic E-state index is -0.714. The van der Waals surface area contributed by atoms with E-state index in [0.717, 1.165) is 0 Å². The van der Waals surface area contributed by atoms with Crippen LogP contribution in [-0.2, 0) is 11.3 Å². The summed E-state index contributed by atoms with van der Waals surface area (Å²) in [6.45, 7) is -0.297. The van der Waals surface area contributed by atoms with Gasteiger partial charge in [0.05, 0.1) is 5.56 Å². The van der Waals surface area contributed by atoms with Crippen LogP contribution in [-0.4, -0.2) is 18.4 Å². The van der Waals surface area contributed by atoms with E-state index in [9.17, 15) is 14.0 Å². The molecule has 7 heteroatoms. The van der Waals surface area contributed by atoms with Gasteiger partial charge in [0.25, 0.3) is 11.8 Å². The van der Waals surface area contributed by atoms with Crippen molar-refractivity contribution in [2.24, 2.45) is 5.73 Å². The molecule has 0 saturated carbocycles. The molecule has 0 fully saturated rings. The molecule has 0 aliphatic heterocycles. The Morgan fingerprint density at radius 2 is 1.96 bits per heavy atom. The number of hydrogen-bond donors (Lipinski definition) is 2. The Labute approximate surface area is 137 Å². The van der Waals surface area contributed by atoms with E-state index in [1.807, 2.05) is 0 Å². The van der Waals surface area contributed by atoms with Gasteiger partial charge in [0.15, 0.2) is 6.61 Å². The quantitative estimate of drug-likeness (QED) is 0.849. The van der Waals surface area contributed by atoms with Crippen molar-refractivity contribution in [3.63, 3.8) is 0 Å². The van der Waals surface area contributed by atoms with Crippen molar-refractivity contribution in [3.8, 4) is 5.75 Å². The lowest BCUT2D eigenvalue weighted by molar-refractivity contribution is -0.123. The van der Waals surface area contributed by atoms with Gasteiger partial charge in [0.1, 0.15) is 11.6 Å². The van der Waals surface area contributed by atoms with Crippen LogP contribution in [0, 0.1) is 5.82 Å². The molecular formula is C16H14ClFN2O3. The van der Waals surface area contributed by atoms with Crippen LogP contribution < -0.4 is 15.8 Å². The molecule has 0 aliphatic rings. The van der Waals surface area contributed by atoms with Crippen LogP contribution in [0.2, 0.25) is 5.02 Å². The van der Waals surface area contributed by atoms with Gasteiger partial charge in [-0.2, -0.15) is 0 Å². The van der Waals surface area contributed by atoms with E-state index >= 15 is 0 Å². The third-order valence-electron chi connectivity index (χ3n) is 3.00. The van der Waals surface area contributed by atoms with Gasteiger partial charge in [-0.1, -0.05) is 29.8 Å². The van der Waals surface area contributed by atoms with Crippen molar-refractivity contribution in [2.45, 2.75) is 6.54 Å². The molecule has 0 aliphatic carbocycles. The number of amides is 2. The zero-order chi connectivity index (χ0) is 16.8. The molecule has 120 valence electrons. The lowest BCUT2D eigenvalue weighted by atomic mass is 10.2. The van der Waals surface area contributed by atoms with Gasteiger partial charge in [-0.15, -0.1) is 0 Å². The van der Waals surface area contributed by atoms with Gasteiger partial charge in [0.2, 0.25) is 0 Å². The van der Waals surface area contributed by atoms with Gasteiger partial charge in [-0.3, -0.25) is 9.59 Å². The van der Waals surface area contributed by atoms with Crippen molar-refractivity contribution < 1.29 is 18.7 Å². The molecule has 0 atom stereocenters. The standard InChI is InChI=1S/C16H14ClFN2O3/c17-11-5-6-14(12(7-11)16(19)22)23-9-15(21)20-8-10-3-1-2-4-13(10)18/h1-7H,8-9H2,(H2,19,22)(H,20,21). The van der Waals surface area contributed by atoms with Crippen LogP contribution in [0.3, 0.4) is 0 Å². The van der Waals surface area contributed by atoms with Crippen molar-refractivity contribution in [1.29, 1.82) is 0 Å². The third-order valence-corrected chi connectivity index (χ3v) is 3.23. The Bertz CT molecular complexity index is 737. The number of hydrogen-bond acceptors (Lipinski definition) is 3. The fraction of sp³-hybridized carbons (Fsp3) is 0.125. The zero-order valence-electron chi connectivity index (χ0n) is 12.0. The molecule has 0 saturated heterocycles. The number of primary amides is 1. The van der Waals surface area contributed by atoms with Crippen LogP contribution in [0.5, 0.6) is 5.75 Å². The number of benzene rings is 2. The van der Waals surface area contributed by atoms with Gasteiger partial charge >= 0.3 is 0 Å². The van der Waals surface area contributed by atoms with Gasteiger partial charge < -0.3 is 15.8 Å². The second kappa shape index (κ2) is 7.60. The zero-order valence-corrected chi connectivity index (χ0v) is 12.8. The number of nitrogens with one attached hydrogen (secondary N) is 1. The Morgan fingerprint density at radius 1 is 1.22 bits per heavy atom. The summed E-state index contributed by atoms with van der Waals surface area (Å²) in [6, 6.07) is 10.4. The summed E-state index contributed by atoms with van der Waals surface area (Å²) in [7, 11) is 0. The van der Waals surface area contributed by atoms with Crippen molar-refractivity contribution in [3.05, 3.63) is 64.4 Å². The maximum Gasteiger partial charge on any atom is 0.258 e. The number of ether oxygens (including phenoxy) is 1. The van der Waals surface area contributed by atoms with Crippen LogP contribution in [0.4, 0.5) is 4.39 Å². The summed E-state index contributed by atoms with van der Waals surface area (Å²) in [4.78, 5) is 23.1. The van der Waals surface area contributed by atoms with E-state index in [-0.39, 0.29) is 24.5 Å². The molecule has 0 radical (unpaired) electrons. The number of carbonyl (C=O) groups excluding carboxylic acids is 2. The van der Waals surface area contributed by atoms with Gasteiger partial charge in [0, 0.05) is 17.1 Å². The molecule has 0 aromatic heterocycles. The Kier molecular flexibility index (Phi) is 5.54. The number of rotatable bonds is 6. The Balaban J connectivity index is 1.92. The molecule has 2 rings (SSSR count). The fourth-order valence-electron chi connectivity index (χ4n) is 1.85. The minimum absolute atomic E-state index is 0.0398. The summed E-state index contributed by atoms with van der Waals surface area (Å²) >= 11 is 5.78. The van der Waals surface area contributed by atoms with Crippen LogP contribution in [0.25, 0.3) is 0 Å². The second-order valence-corrected chi connectivity index (χ2v) is 5.10. The van der Waals surface area contributed by atoms with E-state index < -0.39 is 17.6 Å². The molecule has 3 N–H and O–H groups in total. The molecule has 0 spiro atoms. The highest BCUT2D eigenvalue weighted by molar-refractivity contribution is 6.31. The summed E-state index contributed by atoms with van der Waals surface area (Å²) in [5, 5.41) is 2.85. The normalized spacial score (nSPS) is 10.2. The summed E-state index contributed by atoms with van der Waals surface area (Å²) in [6.07, 6.45) is 0. The van der Waals surface area contributed by atoms with E-state index in [2.05, 4.69) is 5.32 Å². The Morgan fingerprint density at radius 3 is 2.65 bits per heavy atom. The predicted molar refractivity (Wildman–Crippen MR) is 83.7 cm³/mol. The maximum absolute atomic E-state index is 13.4. The SMILES string of the molecule is NC(=O)c1cc(Cl)ccc1OCC(=O)NCc1ccccc1F. The molecule has 2 aromatic rings. The molecule has 0 bridgehead atoms. The third kappa shape index (κ3) is 4.69. The summed E-state index contributed by atoms with van der Waals surface area (Å²) < 4.78 is 18.7. The predicted octanol–water partition coefficient (Wildman–Crippen LogP) is 2.27. The molecule has 2 aromatic carbocycles. The second-order valence-electron chi connectivity index (χ2n) is 4.66. The minimum Gasteiger partial charge on any atom is -0.483 e. The average molecular weight is 337 g/mol. The van der Waals surface area contributed by atoms with E-state index in [1.54, 1.807) is 18.2 Å². The maximum atomic E-state index is 13.4. The van der Waals surface area contributed by atoms with Crippen molar-refractivity contribution >= 4 is 23.4 Å². The lowest BCUT2D eigenvalue weighted by Gasteiger charge is -2.10. The smallest absolute Gasteiger partial charge is 0.258 e. The first-order chi connectivity index (χ1) is 11.0. The number of nitrogens with two attached hydrogens (primary N) is 1. The van der Waals surface area contributed by atoms with E-state index in [4.69, 9.17) is 22.1 Å². The molecule has 23 heavy (non-hydrogen) atoms. The first-order valence-corrected chi connectivity index (χ1v) is 7.07. The molecule has 5 nitrogen and oxygen atoms in total. The summed E-state index contributed by atoms with van der Waals surface area (Å²) in [5.41, 5.74) is 5.67. The van der Waals surface area contributed by atoms with Crippen molar-refractivity contribution in [2.75, 3.05) is 6.61 Å². The highest BCUT2D eigenvalue weighted by Gasteiger charge is 2.12. The molecule has 2 amide bonds. The van der Waals surface area contributed by atoms with E-state index in [0.29, 0.717) is 10.6 Å². The highest BCUT2D eigenvalue weighted by atomic mass is 35.5. The van der Waals surface area contributed by atoms with Crippen LogP contribution >= 0.6 is 11.6 Å². The van der Waals surface area contributed by atoms with Crippen LogP contribution in [0.15, 0.2) is 42.5 Å². The molecule has 0 heterocycles. The van der Waals surface area contributed by atoms with Gasteiger partial charge in [-0.25, -0.2) is 4.39 Å². The first-order valence-electron chi connectivity index (χ1n) is 6.69. The number of halogens is 2. The largest absolute Gasteiger partial charge is 0.483 e. The fourth-order valence-corrected chi connectivity index (χ4v) is 2.02. The summed E-state index contributed by atoms with van der Waals surface area (Å²) in [5.74, 6) is -1.42. The molecule has 0 unspecified atom stereocenters. The lowest BCUT2D eigenvalue weighted by Crippen LogP contribution is -2.29. The van der Waals surface area contributed by atoms with Gasteiger partial charge in [-0.05, 0) is 24.3 Å². The van der Waals surface area contributed by atoms with Crippen LogP contribution in [0.1, 0.15) is 15.9 Å². The first kappa shape index (κ1) is 16.8. The van der Waals surface area contributed by atoms with E-state index in [1.165, 1.54) is 24.3 Å². The molecular weight excluding hydrogens is 323 g/mol. The highest BCUT2D eigenvalue weighted by Crippen LogP contribution is 2.22. The monoisotopic (exact) mass is 336 g/mol. The Hall–Kier alpha value is -2.60. The number of carbonyl (C=O) groups is 2. The van der Waals surface area contributed by atoms with Crippen molar-refractivity contribution in [1.82, 2.24) is 5.32 Å².